The average molecular weight is 309 g/mol. The minimum Gasteiger partial charge on any atom is -0.493 e. The lowest BCUT2D eigenvalue weighted by Gasteiger charge is -2.29. The first-order valence-corrected chi connectivity index (χ1v) is 6.92. The van der Waals surface area contributed by atoms with Crippen LogP contribution in [-0.2, 0) is 9.53 Å². The summed E-state index contributed by atoms with van der Waals surface area (Å²) in [5, 5.41) is 0. The fourth-order valence-corrected chi connectivity index (χ4v) is 2.08. The molecule has 0 radical (unpaired) electrons. The summed E-state index contributed by atoms with van der Waals surface area (Å²) in [7, 11) is 4.26. The monoisotopic (exact) mass is 309 g/mol. The molecule has 0 spiro atoms. The van der Waals surface area contributed by atoms with Crippen LogP contribution >= 0.6 is 0 Å². The van der Waals surface area contributed by atoms with Crippen molar-refractivity contribution in [3.8, 4) is 11.5 Å². The van der Waals surface area contributed by atoms with Crippen LogP contribution in [0.5, 0.6) is 11.5 Å². The molecular formula is C16H23NO5. The van der Waals surface area contributed by atoms with Crippen molar-refractivity contribution in [3.05, 3.63) is 23.8 Å². The van der Waals surface area contributed by atoms with Crippen molar-refractivity contribution in [3.63, 3.8) is 0 Å². The Labute approximate surface area is 130 Å². The third-order valence-electron chi connectivity index (χ3n) is 3.75. The van der Waals surface area contributed by atoms with E-state index in [0.29, 0.717) is 17.1 Å². The number of rotatable bonds is 7. The number of hydrogen-bond donors (Lipinski definition) is 1. The fraction of sp³-hybridized carbons (Fsp3) is 0.500. The lowest BCUT2D eigenvalue weighted by molar-refractivity contribution is -0.148. The first-order valence-electron chi connectivity index (χ1n) is 6.92. The molecule has 1 unspecified atom stereocenters. The molecule has 0 aliphatic carbocycles. The maximum atomic E-state index is 12.5. The molecule has 6 heteroatoms. The molecule has 0 aliphatic rings. The predicted molar refractivity (Wildman–Crippen MR) is 82.3 cm³/mol. The van der Waals surface area contributed by atoms with Crippen LogP contribution < -0.4 is 15.2 Å². The molecule has 1 atom stereocenters. The minimum atomic E-state index is -1.36. The van der Waals surface area contributed by atoms with Crippen molar-refractivity contribution >= 4 is 11.8 Å². The van der Waals surface area contributed by atoms with Crippen molar-refractivity contribution < 1.29 is 23.8 Å². The highest BCUT2D eigenvalue weighted by Gasteiger charge is 2.40. The summed E-state index contributed by atoms with van der Waals surface area (Å²) in [5.41, 5.74) is 5.15. The number of nitrogens with two attached hydrogens (primary N) is 1. The second-order valence-corrected chi connectivity index (χ2v) is 5.36. The summed E-state index contributed by atoms with van der Waals surface area (Å²) in [4.78, 5) is 24.4. The number of hydrogen-bond acceptors (Lipinski definition) is 6. The van der Waals surface area contributed by atoms with Gasteiger partial charge in [0.2, 0.25) is 0 Å². The topological polar surface area (TPSA) is 87.9 Å². The molecule has 0 saturated carbocycles. The molecule has 1 aromatic rings. The summed E-state index contributed by atoms with van der Waals surface area (Å²) in [6, 6.07) is 4.82. The first kappa shape index (κ1) is 18.0. The van der Waals surface area contributed by atoms with Gasteiger partial charge in [0.1, 0.15) is 5.54 Å². The number of ether oxygens (including phenoxy) is 3. The van der Waals surface area contributed by atoms with Crippen molar-refractivity contribution in [2.24, 2.45) is 11.7 Å². The Hall–Kier alpha value is -2.08. The summed E-state index contributed by atoms with van der Waals surface area (Å²) in [6.45, 7) is 3.55. The number of esters is 1. The van der Waals surface area contributed by atoms with E-state index in [4.69, 9.17) is 19.9 Å². The molecule has 1 aromatic carbocycles. The molecule has 0 heterocycles. The van der Waals surface area contributed by atoms with Crippen LogP contribution in [0.15, 0.2) is 18.2 Å². The molecule has 122 valence electrons. The van der Waals surface area contributed by atoms with E-state index in [1.54, 1.807) is 32.0 Å². The number of benzene rings is 1. The zero-order valence-corrected chi connectivity index (χ0v) is 13.6. The van der Waals surface area contributed by atoms with Crippen LogP contribution in [0.3, 0.4) is 0 Å². The second kappa shape index (κ2) is 7.26. The van der Waals surface area contributed by atoms with Gasteiger partial charge in [0, 0.05) is 12.0 Å². The van der Waals surface area contributed by atoms with Gasteiger partial charge in [0.15, 0.2) is 17.3 Å². The fourth-order valence-electron chi connectivity index (χ4n) is 2.08. The summed E-state index contributed by atoms with van der Waals surface area (Å²) >= 11 is 0. The Balaban J connectivity index is 3.08. The van der Waals surface area contributed by atoms with Gasteiger partial charge in [-0.1, -0.05) is 13.8 Å². The second-order valence-electron chi connectivity index (χ2n) is 5.36. The number of carbonyl (C=O) groups is 2. The molecule has 0 aliphatic heterocycles. The van der Waals surface area contributed by atoms with E-state index in [0.717, 1.165) is 0 Å². The van der Waals surface area contributed by atoms with Crippen LogP contribution in [0.2, 0.25) is 0 Å². The largest absolute Gasteiger partial charge is 0.493 e. The molecule has 0 fully saturated rings. The highest BCUT2D eigenvalue weighted by molar-refractivity contribution is 6.00. The molecule has 0 bridgehead atoms. The third kappa shape index (κ3) is 3.57. The SMILES string of the molecule is COC(=O)C(N)(CC(=O)c1ccc(OC)c(OC)c1)C(C)C. The van der Waals surface area contributed by atoms with E-state index in [1.807, 2.05) is 0 Å². The molecule has 0 saturated heterocycles. The molecule has 6 nitrogen and oxygen atoms in total. The Morgan fingerprint density at radius 1 is 1.14 bits per heavy atom. The number of carbonyl (C=O) groups excluding carboxylic acids is 2. The molecule has 0 aromatic heterocycles. The van der Waals surface area contributed by atoms with Crippen LogP contribution in [0.4, 0.5) is 0 Å². The highest BCUT2D eigenvalue weighted by Crippen LogP contribution is 2.29. The normalized spacial score (nSPS) is 13.4. The smallest absolute Gasteiger partial charge is 0.326 e. The number of Topliss-reactive ketones (excluding diaryl/α,β-unsaturated/α-hetero) is 1. The van der Waals surface area contributed by atoms with Gasteiger partial charge >= 0.3 is 5.97 Å². The Kier molecular flexibility index (Phi) is 5.93. The minimum absolute atomic E-state index is 0.146. The van der Waals surface area contributed by atoms with E-state index >= 15 is 0 Å². The number of ketones is 1. The van der Waals surface area contributed by atoms with Crippen molar-refractivity contribution in [1.29, 1.82) is 0 Å². The maximum absolute atomic E-state index is 12.5. The quantitative estimate of drug-likeness (QED) is 0.610. The van der Waals surface area contributed by atoms with E-state index in [1.165, 1.54) is 21.3 Å². The van der Waals surface area contributed by atoms with E-state index < -0.39 is 11.5 Å². The van der Waals surface area contributed by atoms with Gasteiger partial charge in [-0.2, -0.15) is 0 Å². The Bertz CT molecular complexity index is 555. The van der Waals surface area contributed by atoms with Crippen LogP contribution in [0, 0.1) is 5.92 Å². The van der Waals surface area contributed by atoms with Gasteiger partial charge in [-0.25, -0.2) is 0 Å². The Morgan fingerprint density at radius 2 is 1.73 bits per heavy atom. The third-order valence-corrected chi connectivity index (χ3v) is 3.75. The zero-order chi connectivity index (χ0) is 16.9. The van der Waals surface area contributed by atoms with Crippen molar-refractivity contribution in [2.45, 2.75) is 25.8 Å². The summed E-state index contributed by atoms with van der Waals surface area (Å²) in [6.07, 6.45) is -0.146. The standard InChI is InChI=1S/C16H23NO5/c1-10(2)16(17,15(19)22-5)9-12(18)11-6-7-13(20-3)14(8-11)21-4/h6-8,10H,9,17H2,1-5H3. The maximum Gasteiger partial charge on any atom is 0.326 e. The van der Waals surface area contributed by atoms with Crippen molar-refractivity contribution in [1.82, 2.24) is 0 Å². The summed E-state index contributed by atoms with van der Waals surface area (Å²) < 4.78 is 15.0. The molecule has 22 heavy (non-hydrogen) atoms. The van der Waals surface area contributed by atoms with Gasteiger partial charge in [-0.05, 0) is 24.1 Å². The van der Waals surface area contributed by atoms with Crippen molar-refractivity contribution in [2.75, 3.05) is 21.3 Å². The first-order chi connectivity index (χ1) is 10.3. The highest BCUT2D eigenvalue weighted by atomic mass is 16.5. The van der Waals surface area contributed by atoms with Gasteiger partial charge in [0.25, 0.3) is 0 Å². The molecule has 0 amide bonds. The van der Waals surface area contributed by atoms with E-state index in [2.05, 4.69) is 0 Å². The van der Waals surface area contributed by atoms with Crippen LogP contribution in [-0.4, -0.2) is 38.6 Å². The lowest BCUT2D eigenvalue weighted by atomic mass is 9.81. The number of methoxy groups -OCH3 is 3. The van der Waals surface area contributed by atoms with Crippen LogP contribution in [0.25, 0.3) is 0 Å². The zero-order valence-electron chi connectivity index (χ0n) is 13.6. The molecule has 2 N–H and O–H groups in total. The van der Waals surface area contributed by atoms with Gasteiger partial charge in [-0.3, -0.25) is 9.59 Å². The molecule has 1 rings (SSSR count). The van der Waals surface area contributed by atoms with Gasteiger partial charge < -0.3 is 19.9 Å². The predicted octanol–water partition coefficient (Wildman–Crippen LogP) is 1.80. The van der Waals surface area contributed by atoms with E-state index in [9.17, 15) is 9.59 Å². The van der Waals surface area contributed by atoms with Gasteiger partial charge in [-0.15, -0.1) is 0 Å². The average Bonchev–Trinajstić information content (AvgIpc) is 2.52. The van der Waals surface area contributed by atoms with Gasteiger partial charge in [0.05, 0.1) is 21.3 Å². The van der Waals surface area contributed by atoms with E-state index in [-0.39, 0.29) is 18.1 Å². The summed E-state index contributed by atoms with van der Waals surface area (Å²) in [5.74, 6) is -0.142. The Morgan fingerprint density at radius 3 is 2.18 bits per heavy atom. The lowest BCUT2D eigenvalue weighted by Crippen LogP contribution is -2.54. The van der Waals surface area contributed by atoms with Crippen LogP contribution in [0.1, 0.15) is 30.6 Å². The molecular weight excluding hydrogens is 286 g/mol.